The number of carbonyl (C=O) groups is 1. The van der Waals surface area contributed by atoms with Crippen LogP contribution in [0.15, 0.2) is 11.4 Å². The van der Waals surface area contributed by atoms with Crippen LogP contribution in [0.1, 0.15) is 16.9 Å². The minimum Gasteiger partial charge on any atom is -0.336 e. The van der Waals surface area contributed by atoms with Crippen LogP contribution in [0.25, 0.3) is 0 Å². The quantitative estimate of drug-likeness (QED) is 0.705. The van der Waals surface area contributed by atoms with Crippen LogP contribution in [-0.4, -0.2) is 34.3 Å². The minimum atomic E-state index is 0.00852. The molecule has 1 aliphatic heterocycles. The van der Waals surface area contributed by atoms with Gasteiger partial charge in [0.2, 0.25) is 0 Å². The monoisotopic (exact) mass is 197 g/mol. The molecule has 0 aromatic carbocycles. The van der Waals surface area contributed by atoms with Crippen LogP contribution < -0.4 is 5.73 Å². The number of hydrogen-bond acceptors (Lipinski definition) is 4. The fraction of sp³-hybridized carbons (Fsp3) is 0.500. The molecule has 1 aromatic rings. The van der Waals surface area contributed by atoms with Gasteiger partial charge in [-0.05, 0) is 24.0 Å². The summed E-state index contributed by atoms with van der Waals surface area (Å²) in [6.45, 7) is 1.42. The third kappa shape index (κ3) is 1.71. The summed E-state index contributed by atoms with van der Waals surface area (Å²) < 4.78 is 4.00. The SMILES string of the molecule is NC1CCN(C(=O)c2ccsn2)C1. The van der Waals surface area contributed by atoms with E-state index < -0.39 is 0 Å². The van der Waals surface area contributed by atoms with Gasteiger partial charge in [-0.25, -0.2) is 0 Å². The molecule has 0 spiro atoms. The normalized spacial score (nSPS) is 22.2. The fourth-order valence-corrected chi connectivity index (χ4v) is 1.96. The third-order valence-electron chi connectivity index (χ3n) is 2.17. The Morgan fingerprint density at radius 2 is 2.62 bits per heavy atom. The first-order valence-electron chi connectivity index (χ1n) is 4.22. The van der Waals surface area contributed by atoms with E-state index in [1.54, 1.807) is 11.0 Å². The van der Waals surface area contributed by atoms with E-state index in [2.05, 4.69) is 4.37 Å². The lowest BCUT2D eigenvalue weighted by molar-refractivity contribution is 0.0786. The van der Waals surface area contributed by atoms with E-state index in [0.29, 0.717) is 12.2 Å². The highest BCUT2D eigenvalue weighted by molar-refractivity contribution is 7.03. The molecule has 1 amide bonds. The van der Waals surface area contributed by atoms with E-state index in [4.69, 9.17) is 5.73 Å². The van der Waals surface area contributed by atoms with Crippen molar-refractivity contribution in [3.8, 4) is 0 Å². The van der Waals surface area contributed by atoms with Gasteiger partial charge in [-0.1, -0.05) is 0 Å². The van der Waals surface area contributed by atoms with Crippen molar-refractivity contribution in [2.75, 3.05) is 13.1 Å². The summed E-state index contributed by atoms with van der Waals surface area (Å²) >= 11 is 1.30. The molecule has 1 aromatic heterocycles. The van der Waals surface area contributed by atoms with Crippen LogP contribution in [0.5, 0.6) is 0 Å². The number of carbonyl (C=O) groups excluding carboxylic acids is 1. The summed E-state index contributed by atoms with van der Waals surface area (Å²) in [5.74, 6) is 0.00852. The van der Waals surface area contributed by atoms with Crippen LogP contribution >= 0.6 is 11.5 Å². The Kier molecular flexibility index (Phi) is 2.28. The molecule has 4 nitrogen and oxygen atoms in total. The van der Waals surface area contributed by atoms with E-state index in [1.807, 2.05) is 5.38 Å². The fourth-order valence-electron chi connectivity index (χ4n) is 1.46. The summed E-state index contributed by atoms with van der Waals surface area (Å²) in [7, 11) is 0. The summed E-state index contributed by atoms with van der Waals surface area (Å²) in [4.78, 5) is 13.4. The first-order valence-corrected chi connectivity index (χ1v) is 5.06. The Morgan fingerprint density at radius 3 is 3.15 bits per heavy atom. The molecule has 13 heavy (non-hydrogen) atoms. The lowest BCUT2D eigenvalue weighted by Crippen LogP contribution is -2.31. The van der Waals surface area contributed by atoms with Crippen LogP contribution in [0.3, 0.4) is 0 Å². The summed E-state index contributed by atoms with van der Waals surface area (Å²) in [5.41, 5.74) is 6.25. The number of nitrogens with two attached hydrogens (primary N) is 1. The van der Waals surface area contributed by atoms with Crippen molar-refractivity contribution in [3.63, 3.8) is 0 Å². The van der Waals surface area contributed by atoms with Gasteiger partial charge in [-0.2, -0.15) is 4.37 Å². The van der Waals surface area contributed by atoms with Crippen LogP contribution in [-0.2, 0) is 0 Å². The highest BCUT2D eigenvalue weighted by Gasteiger charge is 2.25. The molecule has 0 saturated carbocycles. The van der Waals surface area contributed by atoms with Crippen molar-refractivity contribution >= 4 is 17.4 Å². The van der Waals surface area contributed by atoms with Gasteiger partial charge in [-0.15, -0.1) is 0 Å². The Hall–Kier alpha value is -0.940. The molecule has 2 heterocycles. The zero-order chi connectivity index (χ0) is 9.26. The topological polar surface area (TPSA) is 59.2 Å². The molecule has 1 aliphatic rings. The van der Waals surface area contributed by atoms with E-state index >= 15 is 0 Å². The molecule has 2 N–H and O–H groups in total. The maximum absolute atomic E-state index is 11.7. The Morgan fingerprint density at radius 1 is 1.77 bits per heavy atom. The maximum atomic E-state index is 11.7. The van der Waals surface area contributed by atoms with E-state index in [-0.39, 0.29) is 11.9 Å². The molecule has 1 unspecified atom stereocenters. The average Bonchev–Trinajstić information content (AvgIpc) is 2.72. The lowest BCUT2D eigenvalue weighted by atomic mass is 10.3. The van der Waals surface area contributed by atoms with Gasteiger partial charge in [0.1, 0.15) is 5.69 Å². The van der Waals surface area contributed by atoms with Crippen molar-refractivity contribution in [1.29, 1.82) is 0 Å². The Balaban J connectivity index is 2.06. The number of amides is 1. The van der Waals surface area contributed by atoms with E-state index in [9.17, 15) is 4.79 Å². The van der Waals surface area contributed by atoms with Crippen molar-refractivity contribution < 1.29 is 4.79 Å². The number of hydrogen-bond donors (Lipinski definition) is 1. The Bertz CT molecular complexity index is 298. The molecule has 2 rings (SSSR count). The zero-order valence-corrected chi connectivity index (χ0v) is 7.96. The van der Waals surface area contributed by atoms with Gasteiger partial charge < -0.3 is 10.6 Å². The lowest BCUT2D eigenvalue weighted by Gasteiger charge is -2.13. The van der Waals surface area contributed by atoms with Crippen LogP contribution in [0.2, 0.25) is 0 Å². The predicted molar refractivity (Wildman–Crippen MR) is 50.6 cm³/mol. The zero-order valence-electron chi connectivity index (χ0n) is 7.14. The second kappa shape index (κ2) is 3.43. The molecule has 0 radical (unpaired) electrons. The second-order valence-electron chi connectivity index (χ2n) is 3.18. The highest BCUT2D eigenvalue weighted by Crippen LogP contribution is 2.11. The molecule has 0 aliphatic carbocycles. The van der Waals surface area contributed by atoms with E-state index in [0.717, 1.165) is 13.0 Å². The highest BCUT2D eigenvalue weighted by atomic mass is 32.1. The van der Waals surface area contributed by atoms with Gasteiger partial charge >= 0.3 is 0 Å². The number of aromatic nitrogens is 1. The first kappa shape index (κ1) is 8.65. The van der Waals surface area contributed by atoms with Crippen molar-refractivity contribution in [3.05, 3.63) is 17.1 Å². The standard InChI is InChI=1S/C8H11N3OS/c9-6-1-3-11(5-6)8(12)7-2-4-13-10-7/h2,4,6H,1,3,5,9H2. The third-order valence-corrected chi connectivity index (χ3v) is 2.73. The van der Waals surface area contributed by atoms with Gasteiger partial charge in [0, 0.05) is 24.5 Å². The summed E-state index contributed by atoms with van der Waals surface area (Å²) in [6.07, 6.45) is 0.899. The smallest absolute Gasteiger partial charge is 0.273 e. The molecule has 0 bridgehead atoms. The van der Waals surface area contributed by atoms with Gasteiger partial charge in [-0.3, -0.25) is 4.79 Å². The van der Waals surface area contributed by atoms with Crippen LogP contribution in [0.4, 0.5) is 0 Å². The maximum Gasteiger partial charge on any atom is 0.273 e. The van der Waals surface area contributed by atoms with Gasteiger partial charge in [0.05, 0.1) is 0 Å². The summed E-state index contributed by atoms with van der Waals surface area (Å²) in [5, 5.41) is 1.81. The minimum absolute atomic E-state index is 0.00852. The molecular weight excluding hydrogens is 186 g/mol. The van der Waals surface area contributed by atoms with Crippen molar-refractivity contribution in [2.45, 2.75) is 12.5 Å². The van der Waals surface area contributed by atoms with E-state index in [1.165, 1.54) is 11.5 Å². The number of nitrogens with zero attached hydrogens (tertiary/aromatic N) is 2. The second-order valence-corrected chi connectivity index (χ2v) is 3.85. The summed E-state index contributed by atoms with van der Waals surface area (Å²) in [6, 6.07) is 1.89. The predicted octanol–water partition coefficient (Wildman–Crippen LogP) is 0.316. The molecular formula is C8H11N3OS. The Labute approximate surface area is 80.5 Å². The van der Waals surface area contributed by atoms with Gasteiger partial charge in [0.25, 0.3) is 5.91 Å². The molecule has 1 fully saturated rings. The van der Waals surface area contributed by atoms with Crippen LogP contribution in [0, 0.1) is 0 Å². The molecule has 1 atom stereocenters. The van der Waals surface area contributed by atoms with Crippen molar-refractivity contribution in [2.24, 2.45) is 5.73 Å². The number of rotatable bonds is 1. The average molecular weight is 197 g/mol. The first-order chi connectivity index (χ1) is 6.27. The number of likely N-dealkylation sites (tertiary alicyclic amines) is 1. The van der Waals surface area contributed by atoms with Crippen molar-refractivity contribution in [1.82, 2.24) is 9.27 Å². The molecule has 5 heteroatoms. The largest absolute Gasteiger partial charge is 0.336 e. The molecule has 1 saturated heterocycles. The molecule has 70 valence electrons. The van der Waals surface area contributed by atoms with Gasteiger partial charge in [0.15, 0.2) is 0 Å².